The van der Waals surface area contributed by atoms with Crippen molar-refractivity contribution in [2.45, 2.75) is 25.3 Å². The Balaban J connectivity index is 1.91. The van der Waals surface area contributed by atoms with Gasteiger partial charge in [0.25, 0.3) is 10.2 Å². The number of hydrogen-bond acceptors (Lipinski definition) is 4. The Morgan fingerprint density at radius 1 is 1.21 bits per heavy atom. The topological polar surface area (TPSA) is 64.7 Å². The predicted octanol–water partition coefficient (Wildman–Crippen LogP) is -0.544. The molecule has 0 radical (unpaired) electrons. The SMILES string of the molecule is CNCC1CCCN(S(=O)(=O)NC2CCN(C)C2)C1. The molecule has 7 heteroatoms. The number of nitrogens with one attached hydrogen (secondary N) is 2. The van der Waals surface area contributed by atoms with Crippen LogP contribution in [0, 0.1) is 5.92 Å². The van der Waals surface area contributed by atoms with Crippen LogP contribution >= 0.6 is 0 Å². The van der Waals surface area contributed by atoms with Crippen LogP contribution in [0.3, 0.4) is 0 Å². The molecule has 0 aliphatic carbocycles. The normalized spacial score (nSPS) is 30.8. The van der Waals surface area contributed by atoms with Gasteiger partial charge in [-0.1, -0.05) is 0 Å². The molecule has 19 heavy (non-hydrogen) atoms. The van der Waals surface area contributed by atoms with Gasteiger partial charge in [0, 0.05) is 25.7 Å². The van der Waals surface area contributed by atoms with Gasteiger partial charge in [0.15, 0.2) is 0 Å². The fourth-order valence-corrected chi connectivity index (χ4v) is 4.56. The minimum absolute atomic E-state index is 0.0691. The second kappa shape index (κ2) is 6.49. The van der Waals surface area contributed by atoms with E-state index < -0.39 is 10.2 Å². The van der Waals surface area contributed by atoms with Crippen molar-refractivity contribution in [2.24, 2.45) is 5.92 Å². The van der Waals surface area contributed by atoms with E-state index in [0.29, 0.717) is 19.0 Å². The van der Waals surface area contributed by atoms with Crippen molar-refractivity contribution in [3.63, 3.8) is 0 Å². The standard InChI is InChI=1S/C12H26N4O2S/c1-13-8-11-4-3-6-16(9-11)19(17,18)14-12-5-7-15(2)10-12/h11-14H,3-10H2,1-2H3. The molecular formula is C12H26N4O2S. The summed E-state index contributed by atoms with van der Waals surface area (Å²) in [5.41, 5.74) is 0. The van der Waals surface area contributed by atoms with Crippen LogP contribution in [0.4, 0.5) is 0 Å². The van der Waals surface area contributed by atoms with E-state index in [2.05, 4.69) is 14.9 Å². The zero-order valence-electron chi connectivity index (χ0n) is 11.9. The average molecular weight is 290 g/mol. The number of likely N-dealkylation sites (N-methyl/N-ethyl adjacent to an activating group) is 1. The lowest BCUT2D eigenvalue weighted by molar-refractivity contribution is 0.259. The molecule has 2 saturated heterocycles. The third-order valence-electron chi connectivity index (χ3n) is 4.02. The highest BCUT2D eigenvalue weighted by Crippen LogP contribution is 2.19. The molecule has 2 aliphatic heterocycles. The molecule has 0 saturated carbocycles. The molecule has 2 atom stereocenters. The minimum Gasteiger partial charge on any atom is -0.319 e. The first-order valence-electron chi connectivity index (χ1n) is 7.12. The van der Waals surface area contributed by atoms with Gasteiger partial charge in [0.2, 0.25) is 0 Å². The van der Waals surface area contributed by atoms with Gasteiger partial charge < -0.3 is 10.2 Å². The fraction of sp³-hybridized carbons (Fsp3) is 1.00. The van der Waals surface area contributed by atoms with E-state index in [4.69, 9.17) is 0 Å². The summed E-state index contributed by atoms with van der Waals surface area (Å²) < 4.78 is 29.2. The van der Waals surface area contributed by atoms with Crippen LogP contribution in [0.25, 0.3) is 0 Å². The van der Waals surface area contributed by atoms with Crippen molar-refractivity contribution in [2.75, 3.05) is 46.8 Å². The van der Waals surface area contributed by atoms with Crippen molar-refractivity contribution < 1.29 is 8.42 Å². The molecule has 2 rings (SSSR count). The van der Waals surface area contributed by atoms with Crippen LogP contribution in [0.5, 0.6) is 0 Å². The minimum atomic E-state index is -3.31. The monoisotopic (exact) mass is 290 g/mol. The van der Waals surface area contributed by atoms with Gasteiger partial charge in [-0.15, -0.1) is 0 Å². The Bertz CT molecular complexity index is 385. The van der Waals surface area contributed by atoms with Crippen molar-refractivity contribution in [1.82, 2.24) is 19.2 Å². The molecule has 2 N–H and O–H groups in total. The number of rotatable bonds is 5. The van der Waals surface area contributed by atoms with E-state index in [1.807, 2.05) is 14.1 Å². The summed E-state index contributed by atoms with van der Waals surface area (Å²) in [4.78, 5) is 2.16. The van der Waals surface area contributed by atoms with E-state index in [1.165, 1.54) is 0 Å². The van der Waals surface area contributed by atoms with Crippen molar-refractivity contribution in [1.29, 1.82) is 0 Å². The molecule has 0 spiro atoms. The van der Waals surface area contributed by atoms with Gasteiger partial charge >= 0.3 is 0 Å². The number of nitrogens with zero attached hydrogens (tertiary/aromatic N) is 2. The number of hydrogen-bond donors (Lipinski definition) is 2. The Hall–Kier alpha value is -0.210. The molecule has 2 unspecified atom stereocenters. The van der Waals surface area contributed by atoms with Crippen LogP contribution in [0.1, 0.15) is 19.3 Å². The Morgan fingerprint density at radius 3 is 2.63 bits per heavy atom. The van der Waals surface area contributed by atoms with Crippen LogP contribution in [-0.2, 0) is 10.2 Å². The maximum absolute atomic E-state index is 12.4. The van der Waals surface area contributed by atoms with Crippen molar-refractivity contribution in [3.05, 3.63) is 0 Å². The quantitative estimate of drug-likeness (QED) is 0.713. The van der Waals surface area contributed by atoms with Gasteiger partial charge in [-0.3, -0.25) is 0 Å². The first-order chi connectivity index (χ1) is 9.01. The van der Waals surface area contributed by atoms with Crippen LogP contribution in [-0.4, -0.2) is 70.5 Å². The summed E-state index contributed by atoms with van der Waals surface area (Å²) in [5, 5.41) is 3.14. The van der Waals surface area contributed by atoms with E-state index >= 15 is 0 Å². The Labute approximate surface area is 116 Å². The third kappa shape index (κ3) is 4.13. The number of piperidine rings is 1. The molecule has 6 nitrogen and oxygen atoms in total. The molecule has 0 aromatic heterocycles. The fourth-order valence-electron chi connectivity index (χ4n) is 3.02. The molecule has 0 bridgehead atoms. The second-order valence-corrected chi connectivity index (χ2v) is 7.50. The van der Waals surface area contributed by atoms with Crippen LogP contribution < -0.4 is 10.0 Å². The predicted molar refractivity (Wildman–Crippen MR) is 76.2 cm³/mol. The maximum Gasteiger partial charge on any atom is 0.279 e. The Morgan fingerprint density at radius 2 is 2.00 bits per heavy atom. The Kier molecular flexibility index (Phi) is 5.19. The lowest BCUT2D eigenvalue weighted by Crippen LogP contribution is -2.50. The van der Waals surface area contributed by atoms with Crippen LogP contribution in [0.15, 0.2) is 0 Å². The average Bonchev–Trinajstić information content (AvgIpc) is 2.75. The zero-order chi connectivity index (χ0) is 13.9. The summed E-state index contributed by atoms with van der Waals surface area (Å²) in [6.07, 6.45) is 2.97. The molecule has 112 valence electrons. The van der Waals surface area contributed by atoms with Gasteiger partial charge in [-0.2, -0.15) is 17.4 Å². The van der Waals surface area contributed by atoms with E-state index in [9.17, 15) is 8.42 Å². The van der Waals surface area contributed by atoms with Gasteiger partial charge in [0.05, 0.1) is 0 Å². The summed E-state index contributed by atoms with van der Waals surface area (Å²) in [7, 11) is 0.630. The van der Waals surface area contributed by atoms with Gasteiger partial charge in [-0.25, -0.2) is 0 Å². The summed E-state index contributed by atoms with van der Waals surface area (Å²) in [6.45, 7) is 3.96. The van der Waals surface area contributed by atoms with Crippen molar-refractivity contribution >= 4 is 10.2 Å². The second-order valence-electron chi connectivity index (χ2n) is 5.79. The lowest BCUT2D eigenvalue weighted by atomic mass is 10.00. The van der Waals surface area contributed by atoms with E-state index in [1.54, 1.807) is 4.31 Å². The molecular weight excluding hydrogens is 264 g/mol. The van der Waals surface area contributed by atoms with E-state index in [0.717, 1.165) is 38.9 Å². The van der Waals surface area contributed by atoms with Crippen molar-refractivity contribution in [3.8, 4) is 0 Å². The molecule has 2 fully saturated rings. The molecule has 0 aromatic carbocycles. The highest BCUT2D eigenvalue weighted by atomic mass is 32.2. The first kappa shape index (κ1) is 15.2. The highest BCUT2D eigenvalue weighted by Gasteiger charge is 2.31. The summed E-state index contributed by atoms with van der Waals surface area (Å²) in [5.74, 6) is 0.432. The smallest absolute Gasteiger partial charge is 0.279 e. The maximum atomic E-state index is 12.4. The molecule has 2 heterocycles. The molecule has 0 amide bonds. The van der Waals surface area contributed by atoms with Gasteiger partial charge in [-0.05, 0) is 52.4 Å². The summed E-state index contributed by atoms with van der Waals surface area (Å²) >= 11 is 0. The lowest BCUT2D eigenvalue weighted by Gasteiger charge is -2.32. The molecule has 0 aromatic rings. The largest absolute Gasteiger partial charge is 0.319 e. The first-order valence-corrected chi connectivity index (χ1v) is 8.56. The molecule has 2 aliphatic rings. The number of likely N-dealkylation sites (tertiary alicyclic amines) is 1. The zero-order valence-corrected chi connectivity index (χ0v) is 12.7. The summed E-state index contributed by atoms with van der Waals surface area (Å²) in [6, 6.07) is 0.0691. The third-order valence-corrected chi connectivity index (χ3v) is 5.66. The van der Waals surface area contributed by atoms with Gasteiger partial charge in [0.1, 0.15) is 0 Å². The van der Waals surface area contributed by atoms with Crippen LogP contribution in [0.2, 0.25) is 0 Å². The highest BCUT2D eigenvalue weighted by molar-refractivity contribution is 7.87. The van der Waals surface area contributed by atoms with E-state index in [-0.39, 0.29) is 6.04 Å².